The molecule has 0 saturated carbocycles. The molecule has 0 aliphatic heterocycles. The van der Waals surface area contributed by atoms with Crippen LogP contribution in [0, 0.1) is 11.8 Å². The summed E-state index contributed by atoms with van der Waals surface area (Å²) >= 11 is 5.75. The second-order valence-electron chi connectivity index (χ2n) is 2.75. The number of nitrogens with zero attached hydrogens (tertiary/aromatic N) is 3. The molecule has 0 spiro atoms. The van der Waals surface area contributed by atoms with Crippen LogP contribution in [0.3, 0.4) is 0 Å². The number of aldehydes is 1. The Hall–Kier alpha value is -1.86. The number of fused-ring (bicyclic) bond motifs is 1. The van der Waals surface area contributed by atoms with Crippen LogP contribution in [-0.4, -0.2) is 20.9 Å². The molecule has 0 saturated heterocycles. The van der Waals surface area contributed by atoms with E-state index >= 15 is 0 Å². The first kappa shape index (κ1) is 9.69. The zero-order valence-corrected chi connectivity index (χ0v) is 8.40. The summed E-state index contributed by atoms with van der Waals surface area (Å²) in [7, 11) is 0. The van der Waals surface area contributed by atoms with Crippen molar-refractivity contribution in [1.82, 2.24) is 14.6 Å². The number of rotatable bonds is 1. The Kier molecular flexibility index (Phi) is 2.66. The maximum atomic E-state index is 10.1. The van der Waals surface area contributed by atoms with Gasteiger partial charge in [0.05, 0.1) is 18.2 Å². The molecule has 15 heavy (non-hydrogen) atoms. The summed E-state index contributed by atoms with van der Waals surface area (Å²) < 4.78 is 1.58. The number of halogens is 1. The van der Waals surface area contributed by atoms with Crippen LogP contribution >= 0.6 is 11.6 Å². The van der Waals surface area contributed by atoms with Gasteiger partial charge >= 0.3 is 0 Å². The zero-order chi connectivity index (χ0) is 10.7. The van der Waals surface area contributed by atoms with Gasteiger partial charge in [0.25, 0.3) is 0 Å². The van der Waals surface area contributed by atoms with E-state index in [0.717, 1.165) is 6.29 Å². The minimum absolute atomic E-state index is 0.206. The van der Waals surface area contributed by atoms with Crippen LogP contribution < -0.4 is 0 Å². The highest BCUT2D eigenvalue weighted by Crippen LogP contribution is 2.10. The number of aromatic nitrogens is 3. The third-order valence-electron chi connectivity index (χ3n) is 1.74. The summed E-state index contributed by atoms with van der Waals surface area (Å²) in [5.74, 6) is 5.50. The van der Waals surface area contributed by atoms with Crippen LogP contribution in [0.15, 0.2) is 18.5 Å². The summed E-state index contributed by atoms with van der Waals surface area (Å²) in [6, 6.07) is 1.64. The number of hydrogen-bond acceptors (Lipinski definition) is 3. The van der Waals surface area contributed by atoms with Gasteiger partial charge in [-0.2, -0.15) is 5.10 Å². The van der Waals surface area contributed by atoms with Gasteiger partial charge in [-0.1, -0.05) is 23.4 Å². The Morgan fingerprint density at radius 2 is 2.47 bits per heavy atom. The van der Waals surface area contributed by atoms with Gasteiger partial charge in [-0.25, -0.2) is 9.50 Å². The van der Waals surface area contributed by atoms with E-state index in [1.54, 1.807) is 23.0 Å². The molecule has 0 bridgehead atoms. The summed E-state index contributed by atoms with van der Waals surface area (Å²) in [4.78, 5) is 14.2. The SMILES string of the molecule is O=CCC#Cc1cnn2ccc(Cl)nc12. The van der Waals surface area contributed by atoms with E-state index in [9.17, 15) is 4.79 Å². The predicted octanol–water partition coefficient (Wildman–Crippen LogP) is 1.32. The van der Waals surface area contributed by atoms with Gasteiger partial charge in [0, 0.05) is 6.20 Å². The summed E-state index contributed by atoms with van der Waals surface area (Å²) in [6.07, 6.45) is 4.25. The smallest absolute Gasteiger partial charge is 0.172 e. The quantitative estimate of drug-likeness (QED) is 0.413. The van der Waals surface area contributed by atoms with E-state index in [4.69, 9.17) is 11.6 Å². The highest BCUT2D eigenvalue weighted by atomic mass is 35.5. The van der Waals surface area contributed by atoms with Crippen molar-refractivity contribution in [2.24, 2.45) is 0 Å². The van der Waals surface area contributed by atoms with E-state index < -0.39 is 0 Å². The molecule has 2 aromatic heterocycles. The molecule has 0 atom stereocenters. The van der Waals surface area contributed by atoms with E-state index in [1.165, 1.54) is 0 Å². The van der Waals surface area contributed by atoms with E-state index in [0.29, 0.717) is 16.4 Å². The van der Waals surface area contributed by atoms with Crippen molar-refractivity contribution < 1.29 is 4.79 Å². The highest BCUT2D eigenvalue weighted by molar-refractivity contribution is 6.29. The van der Waals surface area contributed by atoms with Crippen LogP contribution in [0.5, 0.6) is 0 Å². The van der Waals surface area contributed by atoms with Crippen molar-refractivity contribution in [3.63, 3.8) is 0 Å². The third kappa shape index (κ3) is 1.97. The van der Waals surface area contributed by atoms with Gasteiger partial charge in [0.1, 0.15) is 11.4 Å². The lowest BCUT2D eigenvalue weighted by Crippen LogP contribution is -1.89. The van der Waals surface area contributed by atoms with Gasteiger partial charge in [-0.05, 0) is 6.07 Å². The first-order chi connectivity index (χ1) is 7.31. The molecular formula is C10H6ClN3O. The van der Waals surface area contributed by atoms with E-state index in [1.807, 2.05) is 0 Å². The van der Waals surface area contributed by atoms with Crippen molar-refractivity contribution in [3.05, 3.63) is 29.2 Å². The van der Waals surface area contributed by atoms with Gasteiger partial charge in [-0.3, -0.25) is 0 Å². The van der Waals surface area contributed by atoms with Gasteiger partial charge in [-0.15, -0.1) is 0 Å². The van der Waals surface area contributed by atoms with Gasteiger partial charge in [0.2, 0.25) is 0 Å². The highest BCUT2D eigenvalue weighted by Gasteiger charge is 2.02. The molecule has 0 unspecified atom stereocenters. The molecular weight excluding hydrogens is 214 g/mol. The van der Waals surface area contributed by atoms with Crippen molar-refractivity contribution >= 4 is 23.5 Å². The van der Waals surface area contributed by atoms with Crippen molar-refractivity contribution in [3.8, 4) is 11.8 Å². The summed E-state index contributed by atoms with van der Waals surface area (Å²) in [5, 5.41) is 4.43. The molecule has 4 nitrogen and oxygen atoms in total. The average molecular weight is 220 g/mol. The topological polar surface area (TPSA) is 47.3 Å². The summed E-state index contributed by atoms with van der Waals surface area (Å²) in [6.45, 7) is 0. The molecule has 0 aromatic carbocycles. The lowest BCUT2D eigenvalue weighted by atomic mass is 10.3. The maximum Gasteiger partial charge on any atom is 0.172 e. The lowest BCUT2D eigenvalue weighted by molar-refractivity contribution is -0.107. The molecule has 0 radical (unpaired) electrons. The lowest BCUT2D eigenvalue weighted by Gasteiger charge is -1.92. The zero-order valence-electron chi connectivity index (χ0n) is 7.64. The molecule has 0 amide bonds. The molecule has 0 N–H and O–H groups in total. The van der Waals surface area contributed by atoms with Crippen LogP contribution in [0.1, 0.15) is 12.0 Å². The fraction of sp³-hybridized carbons (Fsp3) is 0.100. The van der Waals surface area contributed by atoms with E-state index in [2.05, 4.69) is 21.9 Å². The normalized spacial score (nSPS) is 9.67. The molecule has 0 aliphatic carbocycles. The monoisotopic (exact) mass is 219 g/mol. The molecule has 2 rings (SSSR count). The Labute approximate surface area is 90.9 Å². The second kappa shape index (κ2) is 4.11. The minimum atomic E-state index is 0.206. The molecule has 2 aromatic rings. The Morgan fingerprint density at radius 3 is 3.27 bits per heavy atom. The largest absolute Gasteiger partial charge is 0.302 e. The molecule has 5 heteroatoms. The fourth-order valence-electron chi connectivity index (χ4n) is 1.12. The van der Waals surface area contributed by atoms with Crippen LogP contribution in [0.4, 0.5) is 0 Å². The number of carbonyl (C=O) groups is 1. The maximum absolute atomic E-state index is 10.1. The second-order valence-corrected chi connectivity index (χ2v) is 3.14. The summed E-state index contributed by atoms with van der Waals surface area (Å²) in [5.41, 5.74) is 1.26. The third-order valence-corrected chi connectivity index (χ3v) is 1.95. The van der Waals surface area contributed by atoms with Crippen LogP contribution in [0.25, 0.3) is 5.65 Å². The standard InChI is InChI=1S/C10H6ClN3O/c11-9-4-5-14-10(13-9)8(7-12-14)3-1-2-6-15/h4-7H,2H2. The van der Waals surface area contributed by atoms with Crippen molar-refractivity contribution in [2.45, 2.75) is 6.42 Å². The Balaban J connectivity index is 2.49. The fourth-order valence-corrected chi connectivity index (χ4v) is 1.26. The molecule has 0 aliphatic rings. The minimum Gasteiger partial charge on any atom is -0.302 e. The van der Waals surface area contributed by atoms with Crippen LogP contribution in [0.2, 0.25) is 5.15 Å². The first-order valence-electron chi connectivity index (χ1n) is 4.23. The first-order valence-corrected chi connectivity index (χ1v) is 4.61. The van der Waals surface area contributed by atoms with Crippen molar-refractivity contribution in [2.75, 3.05) is 0 Å². The van der Waals surface area contributed by atoms with Gasteiger partial charge < -0.3 is 4.79 Å². The number of hydrogen-bond donors (Lipinski definition) is 0. The van der Waals surface area contributed by atoms with Crippen molar-refractivity contribution in [1.29, 1.82) is 0 Å². The van der Waals surface area contributed by atoms with Gasteiger partial charge in [0.15, 0.2) is 5.65 Å². The molecule has 0 fully saturated rings. The molecule has 2 heterocycles. The average Bonchev–Trinajstić information content (AvgIpc) is 2.62. The van der Waals surface area contributed by atoms with Crippen LogP contribution in [-0.2, 0) is 4.79 Å². The molecule has 74 valence electrons. The Morgan fingerprint density at radius 1 is 1.60 bits per heavy atom. The Bertz CT molecular complexity index is 565. The van der Waals surface area contributed by atoms with E-state index in [-0.39, 0.29) is 6.42 Å². The number of carbonyl (C=O) groups excluding carboxylic acids is 1. The predicted molar refractivity (Wildman–Crippen MR) is 55.6 cm³/mol.